The van der Waals surface area contributed by atoms with Gasteiger partial charge in [-0.1, -0.05) is 18.2 Å². The lowest BCUT2D eigenvalue weighted by Gasteiger charge is -2.04. The third-order valence-corrected chi connectivity index (χ3v) is 2.10. The van der Waals surface area contributed by atoms with Crippen LogP contribution in [0.3, 0.4) is 0 Å². The molecule has 5 nitrogen and oxygen atoms in total. The zero-order valence-electron chi connectivity index (χ0n) is 9.25. The molecule has 0 radical (unpaired) electrons. The van der Waals surface area contributed by atoms with E-state index in [4.69, 9.17) is 0 Å². The van der Waals surface area contributed by atoms with E-state index in [1.807, 2.05) is 30.3 Å². The lowest BCUT2D eigenvalue weighted by molar-refractivity contribution is 0.0600. The molecule has 0 amide bonds. The Balaban J connectivity index is 2.11. The van der Waals surface area contributed by atoms with E-state index < -0.39 is 5.97 Å². The minimum Gasteiger partial charge on any atom is -0.465 e. The number of benzene rings is 1. The van der Waals surface area contributed by atoms with Crippen LogP contribution >= 0.6 is 0 Å². The first-order valence-corrected chi connectivity index (χ1v) is 5.02. The predicted octanol–water partition coefficient (Wildman–Crippen LogP) is 2.01. The van der Waals surface area contributed by atoms with Crippen LogP contribution in [0.2, 0.25) is 0 Å². The highest BCUT2D eigenvalue weighted by Crippen LogP contribution is 2.11. The zero-order valence-corrected chi connectivity index (χ0v) is 9.25. The van der Waals surface area contributed by atoms with Crippen molar-refractivity contribution in [2.75, 3.05) is 12.4 Å². The SMILES string of the molecule is COC(=O)c1cnc(Nc2ccccc2)nc1. The average molecular weight is 229 g/mol. The molecule has 0 bridgehead atoms. The van der Waals surface area contributed by atoms with Crippen molar-refractivity contribution in [3.8, 4) is 0 Å². The Morgan fingerprint density at radius 3 is 2.41 bits per heavy atom. The molecule has 0 unspecified atom stereocenters. The van der Waals surface area contributed by atoms with Crippen LogP contribution in [0.5, 0.6) is 0 Å². The van der Waals surface area contributed by atoms with E-state index in [1.165, 1.54) is 19.5 Å². The second-order valence-corrected chi connectivity index (χ2v) is 3.28. The standard InChI is InChI=1S/C12H11N3O2/c1-17-11(16)9-7-13-12(14-8-9)15-10-5-3-2-4-6-10/h2-8H,1H3,(H,13,14,15). The topological polar surface area (TPSA) is 64.1 Å². The summed E-state index contributed by atoms with van der Waals surface area (Å²) < 4.78 is 4.56. The lowest BCUT2D eigenvalue weighted by atomic mass is 10.3. The number of carbonyl (C=O) groups excluding carboxylic acids is 1. The largest absolute Gasteiger partial charge is 0.465 e. The van der Waals surface area contributed by atoms with Crippen molar-refractivity contribution in [2.24, 2.45) is 0 Å². The number of aromatic nitrogens is 2. The smallest absolute Gasteiger partial charge is 0.341 e. The molecule has 0 saturated carbocycles. The molecule has 1 N–H and O–H groups in total. The van der Waals surface area contributed by atoms with Gasteiger partial charge in [0.1, 0.15) is 0 Å². The van der Waals surface area contributed by atoms with Crippen LogP contribution in [0.4, 0.5) is 11.6 Å². The highest BCUT2D eigenvalue weighted by molar-refractivity contribution is 5.88. The second kappa shape index (κ2) is 5.07. The number of hydrogen-bond acceptors (Lipinski definition) is 5. The number of para-hydroxylation sites is 1. The molecule has 0 saturated heterocycles. The van der Waals surface area contributed by atoms with Crippen molar-refractivity contribution in [1.29, 1.82) is 0 Å². The Kier molecular flexibility index (Phi) is 3.30. The van der Waals surface area contributed by atoms with Crippen molar-refractivity contribution in [3.63, 3.8) is 0 Å². The molecule has 1 aromatic heterocycles. The second-order valence-electron chi connectivity index (χ2n) is 3.28. The summed E-state index contributed by atoms with van der Waals surface area (Å²) in [6.45, 7) is 0. The van der Waals surface area contributed by atoms with Gasteiger partial charge in [-0.2, -0.15) is 0 Å². The Bertz CT molecular complexity index is 497. The summed E-state index contributed by atoms with van der Waals surface area (Å²) in [7, 11) is 1.32. The van der Waals surface area contributed by atoms with Crippen molar-refractivity contribution in [1.82, 2.24) is 9.97 Å². The Morgan fingerprint density at radius 2 is 1.82 bits per heavy atom. The number of carbonyl (C=O) groups is 1. The van der Waals surface area contributed by atoms with Crippen LogP contribution in [0.1, 0.15) is 10.4 Å². The van der Waals surface area contributed by atoms with Gasteiger partial charge in [0.2, 0.25) is 5.95 Å². The number of esters is 1. The van der Waals surface area contributed by atoms with Crippen molar-refractivity contribution >= 4 is 17.6 Å². The van der Waals surface area contributed by atoms with Crippen LogP contribution in [0.15, 0.2) is 42.7 Å². The van der Waals surface area contributed by atoms with Gasteiger partial charge in [-0.05, 0) is 12.1 Å². The van der Waals surface area contributed by atoms with E-state index >= 15 is 0 Å². The molecule has 5 heteroatoms. The highest BCUT2D eigenvalue weighted by atomic mass is 16.5. The van der Waals surface area contributed by atoms with Gasteiger partial charge < -0.3 is 10.1 Å². The molecule has 17 heavy (non-hydrogen) atoms. The minimum atomic E-state index is -0.448. The van der Waals surface area contributed by atoms with E-state index in [2.05, 4.69) is 20.0 Å². The molecule has 2 rings (SSSR count). The first-order chi connectivity index (χ1) is 8.29. The van der Waals surface area contributed by atoms with Gasteiger partial charge in [0.05, 0.1) is 12.7 Å². The highest BCUT2D eigenvalue weighted by Gasteiger charge is 2.06. The van der Waals surface area contributed by atoms with E-state index in [0.717, 1.165) is 5.69 Å². The zero-order chi connectivity index (χ0) is 12.1. The minimum absolute atomic E-state index is 0.325. The molecule has 1 heterocycles. The fourth-order valence-corrected chi connectivity index (χ4v) is 1.27. The fourth-order valence-electron chi connectivity index (χ4n) is 1.27. The quantitative estimate of drug-likeness (QED) is 0.815. The molecular formula is C12H11N3O2. The Hall–Kier alpha value is -2.43. The summed E-state index contributed by atoms with van der Waals surface area (Å²) >= 11 is 0. The van der Waals surface area contributed by atoms with Crippen molar-refractivity contribution in [3.05, 3.63) is 48.3 Å². The average Bonchev–Trinajstić information content (AvgIpc) is 2.40. The molecule has 0 aliphatic carbocycles. The summed E-state index contributed by atoms with van der Waals surface area (Å²) in [5.41, 5.74) is 1.21. The molecule has 2 aromatic rings. The van der Waals surface area contributed by atoms with Crippen LogP contribution < -0.4 is 5.32 Å². The molecule has 0 aliphatic heterocycles. The maximum atomic E-state index is 11.2. The van der Waals surface area contributed by atoms with Crippen molar-refractivity contribution in [2.45, 2.75) is 0 Å². The molecule has 0 aliphatic rings. The summed E-state index contributed by atoms with van der Waals surface area (Å²) in [4.78, 5) is 19.2. The summed E-state index contributed by atoms with van der Waals surface area (Å²) in [5, 5.41) is 3.01. The first kappa shape index (κ1) is 11.1. The van der Waals surface area contributed by atoms with Crippen LogP contribution in [-0.4, -0.2) is 23.0 Å². The van der Waals surface area contributed by atoms with E-state index in [9.17, 15) is 4.79 Å². The number of anilines is 2. The third-order valence-electron chi connectivity index (χ3n) is 2.10. The monoisotopic (exact) mass is 229 g/mol. The normalized spacial score (nSPS) is 9.71. The first-order valence-electron chi connectivity index (χ1n) is 5.02. The number of nitrogens with zero attached hydrogens (tertiary/aromatic N) is 2. The predicted molar refractivity (Wildman–Crippen MR) is 63.1 cm³/mol. The van der Waals surface area contributed by atoms with Gasteiger partial charge in [-0.15, -0.1) is 0 Å². The number of methoxy groups -OCH3 is 1. The van der Waals surface area contributed by atoms with E-state index in [0.29, 0.717) is 11.5 Å². The number of ether oxygens (including phenoxy) is 1. The van der Waals surface area contributed by atoms with Crippen LogP contribution in [-0.2, 0) is 4.74 Å². The summed E-state index contributed by atoms with van der Waals surface area (Å²) in [6, 6.07) is 9.54. The molecule has 1 aromatic carbocycles. The maximum absolute atomic E-state index is 11.2. The number of nitrogens with one attached hydrogen (secondary N) is 1. The number of hydrogen-bond donors (Lipinski definition) is 1. The molecule has 0 atom stereocenters. The molecule has 0 fully saturated rings. The lowest BCUT2D eigenvalue weighted by Crippen LogP contribution is -2.04. The molecule has 86 valence electrons. The Morgan fingerprint density at radius 1 is 1.18 bits per heavy atom. The summed E-state index contributed by atoms with van der Waals surface area (Å²) in [6.07, 6.45) is 2.84. The van der Waals surface area contributed by atoms with E-state index in [-0.39, 0.29) is 0 Å². The van der Waals surface area contributed by atoms with Gasteiger partial charge in [0, 0.05) is 18.1 Å². The fraction of sp³-hybridized carbons (Fsp3) is 0.0833. The van der Waals surface area contributed by atoms with Gasteiger partial charge in [-0.3, -0.25) is 0 Å². The van der Waals surface area contributed by atoms with Crippen LogP contribution in [0.25, 0.3) is 0 Å². The van der Waals surface area contributed by atoms with E-state index in [1.54, 1.807) is 0 Å². The molecule has 0 spiro atoms. The maximum Gasteiger partial charge on any atom is 0.341 e. The van der Waals surface area contributed by atoms with Crippen molar-refractivity contribution < 1.29 is 9.53 Å². The third kappa shape index (κ3) is 2.78. The van der Waals surface area contributed by atoms with Gasteiger partial charge in [-0.25, -0.2) is 14.8 Å². The van der Waals surface area contributed by atoms with Gasteiger partial charge >= 0.3 is 5.97 Å². The number of rotatable bonds is 3. The van der Waals surface area contributed by atoms with Gasteiger partial charge in [0.15, 0.2) is 0 Å². The molecular weight excluding hydrogens is 218 g/mol. The Labute approximate surface area is 98.5 Å². The van der Waals surface area contributed by atoms with Crippen LogP contribution in [0, 0.1) is 0 Å². The van der Waals surface area contributed by atoms with Gasteiger partial charge in [0.25, 0.3) is 0 Å². The summed E-state index contributed by atoms with van der Waals surface area (Å²) in [5.74, 6) is -0.0138.